The number of piperidine rings is 1. The van der Waals surface area contributed by atoms with Crippen LogP contribution in [0, 0.1) is 5.92 Å². The minimum atomic E-state index is 0.561. The van der Waals surface area contributed by atoms with Gasteiger partial charge in [0.2, 0.25) is 5.75 Å². The molecule has 0 spiro atoms. The van der Waals surface area contributed by atoms with E-state index in [0.717, 1.165) is 37.1 Å². The largest absolute Gasteiger partial charge is 0.493 e. The van der Waals surface area contributed by atoms with E-state index >= 15 is 0 Å². The number of likely N-dealkylation sites (tertiary alicyclic amines) is 1. The van der Waals surface area contributed by atoms with Gasteiger partial charge in [-0.1, -0.05) is 6.92 Å². The lowest BCUT2D eigenvalue weighted by atomic mass is 10.00. The van der Waals surface area contributed by atoms with Crippen LogP contribution in [0.5, 0.6) is 17.2 Å². The average molecular weight is 349 g/mol. The first kappa shape index (κ1) is 19.2. The molecule has 0 bridgehead atoms. The lowest BCUT2D eigenvalue weighted by molar-refractivity contribution is 0.273. The minimum absolute atomic E-state index is 0.561. The van der Waals surface area contributed by atoms with E-state index in [2.05, 4.69) is 24.1 Å². The molecular formula is C19H31N3O3. The Bertz CT molecular complexity index is 556. The number of benzene rings is 1. The Morgan fingerprint density at radius 1 is 1.12 bits per heavy atom. The van der Waals surface area contributed by atoms with Crippen molar-refractivity contribution >= 4 is 5.96 Å². The van der Waals surface area contributed by atoms with Crippen LogP contribution in [0.3, 0.4) is 0 Å². The second kappa shape index (κ2) is 9.39. The number of guanidine groups is 1. The summed E-state index contributed by atoms with van der Waals surface area (Å²) in [7, 11) is 4.87. The van der Waals surface area contributed by atoms with Gasteiger partial charge in [-0.25, -0.2) is 4.99 Å². The minimum Gasteiger partial charge on any atom is -0.493 e. The van der Waals surface area contributed by atoms with E-state index in [1.54, 1.807) is 21.3 Å². The van der Waals surface area contributed by atoms with E-state index in [9.17, 15) is 0 Å². The molecule has 1 aromatic rings. The highest BCUT2D eigenvalue weighted by Crippen LogP contribution is 2.38. The van der Waals surface area contributed by atoms with Crippen molar-refractivity contribution in [3.05, 3.63) is 17.7 Å². The molecule has 1 N–H and O–H groups in total. The van der Waals surface area contributed by atoms with Gasteiger partial charge in [-0.2, -0.15) is 0 Å². The zero-order valence-electron chi connectivity index (χ0n) is 16.1. The van der Waals surface area contributed by atoms with Crippen molar-refractivity contribution in [2.45, 2.75) is 33.2 Å². The molecule has 0 aromatic heterocycles. The summed E-state index contributed by atoms with van der Waals surface area (Å²) >= 11 is 0. The van der Waals surface area contributed by atoms with Gasteiger partial charge in [0, 0.05) is 19.6 Å². The number of rotatable bonds is 6. The first-order valence-corrected chi connectivity index (χ1v) is 8.95. The Kier molecular flexibility index (Phi) is 7.22. The highest BCUT2D eigenvalue weighted by molar-refractivity contribution is 5.80. The van der Waals surface area contributed by atoms with Crippen LogP contribution < -0.4 is 19.5 Å². The molecule has 0 radical (unpaired) electrons. The summed E-state index contributed by atoms with van der Waals surface area (Å²) in [6.45, 7) is 7.95. The maximum absolute atomic E-state index is 5.42. The maximum atomic E-state index is 5.42. The zero-order chi connectivity index (χ0) is 18.2. The maximum Gasteiger partial charge on any atom is 0.203 e. The monoisotopic (exact) mass is 349 g/mol. The Morgan fingerprint density at radius 2 is 1.72 bits per heavy atom. The molecule has 1 heterocycles. The van der Waals surface area contributed by atoms with Crippen molar-refractivity contribution in [2.24, 2.45) is 10.9 Å². The third-order valence-electron chi connectivity index (χ3n) is 4.55. The van der Waals surface area contributed by atoms with Gasteiger partial charge in [0.1, 0.15) is 0 Å². The smallest absolute Gasteiger partial charge is 0.203 e. The third-order valence-corrected chi connectivity index (χ3v) is 4.55. The van der Waals surface area contributed by atoms with Crippen LogP contribution in [-0.2, 0) is 6.54 Å². The van der Waals surface area contributed by atoms with E-state index in [1.165, 1.54) is 12.8 Å². The summed E-state index contributed by atoms with van der Waals surface area (Å²) in [6, 6.07) is 3.90. The summed E-state index contributed by atoms with van der Waals surface area (Å²) in [5.74, 6) is 3.69. The van der Waals surface area contributed by atoms with Gasteiger partial charge in [-0.15, -0.1) is 0 Å². The molecule has 140 valence electrons. The summed E-state index contributed by atoms with van der Waals surface area (Å²) in [5.41, 5.74) is 1.02. The second-order valence-corrected chi connectivity index (χ2v) is 6.37. The Hall–Kier alpha value is -2.11. The highest BCUT2D eigenvalue weighted by Gasteiger charge is 2.19. The zero-order valence-corrected chi connectivity index (χ0v) is 16.1. The number of hydrogen-bond acceptors (Lipinski definition) is 4. The van der Waals surface area contributed by atoms with E-state index in [0.29, 0.717) is 23.8 Å². The number of nitrogens with zero attached hydrogens (tertiary/aromatic N) is 2. The average Bonchev–Trinajstić information content (AvgIpc) is 2.64. The Balaban J connectivity index is 2.19. The van der Waals surface area contributed by atoms with Crippen LogP contribution in [0.2, 0.25) is 0 Å². The van der Waals surface area contributed by atoms with Gasteiger partial charge >= 0.3 is 0 Å². The number of ether oxygens (including phenoxy) is 3. The molecule has 1 aliphatic rings. The second-order valence-electron chi connectivity index (χ2n) is 6.37. The fourth-order valence-electron chi connectivity index (χ4n) is 3.04. The molecule has 1 fully saturated rings. The number of nitrogens with one attached hydrogen (secondary N) is 1. The molecule has 6 nitrogen and oxygen atoms in total. The van der Waals surface area contributed by atoms with Gasteiger partial charge in [-0.3, -0.25) is 0 Å². The quantitative estimate of drug-likeness (QED) is 0.632. The summed E-state index contributed by atoms with van der Waals surface area (Å²) in [4.78, 5) is 7.17. The SMILES string of the molecule is CCNC(=NCc1cc(OC)c(OC)c(OC)c1)N1CCC(C)CC1. The fourth-order valence-corrected chi connectivity index (χ4v) is 3.04. The van der Waals surface area contributed by atoms with Crippen molar-refractivity contribution in [1.82, 2.24) is 10.2 Å². The molecule has 0 saturated carbocycles. The molecule has 1 aliphatic heterocycles. The molecule has 0 amide bonds. The van der Waals surface area contributed by atoms with Crippen LogP contribution in [0.25, 0.3) is 0 Å². The first-order valence-electron chi connectivity index (χ1n) is 8.95. The van der Waals surface area contributed by atoms with Crippen molar-refractivity contribution in [3.8, 4) is 17.2 Å². The summed E-state index contributed by atoms with van der Waals surface area (Å²) in [5, 5.41) is 3.41. The summed E-state index contributed by atoms with van der Waals surface area (Å²) < 4.78 is 16.2. The molecule has 0 aliphatic carbocycles. The van der Waals surface area contributed by atoms with Gasteiger partial charge in [-0.05, 0) is 43.4 Å². The normalized spacial score (nSPS) is 15.9. The van der Waals surface area contributed by atoms with Crippen molar-refractivity contribution < 1.29 is 14.2 Å². The van der Waals surface area contributed by atoms with E-state index in [-0.39, 0.29) is 0 Å². The Morgan fingerprint density at radius 3 is 2.20 bits per heavy atom. The van der Waals surface area contributed by atoms with Gasteiger partial charge in [0.15, 0.2) is 17.5 Å². The molecule has 25 heavy (non-hydrogen) atoms. The molecule has 1 aromatic carbocycles. The first-order chi connectivity index (χ1) is 12.1. The Labute approximate surface area is 151 Å². The molecule has 2 rings (SSSR count). The van der Waals surface area contributed by atoms with E-state index in [1.807, 2.05) is 12.1 Å². The lowest BCUT2D eigenvalue weighted by Gasteiger charge is -2.33. The third kappa shape index (κ3) is 4.94. The van der Waals surface area contributed by atoms with Crippen LogP contribution in [0.1, 0.15) is 32.3 Å². The predicted octanol–water partition coefficient (Wildman–Crippen LogP) is 2.91. The van der Waals surface area contributed by atoms with Gasteiger partial charge < -0.3 is 24.4 Å². The molecular weight excluding hydrogens is 318 g/mol. The van der Waals surface area contributed by atoms with Gasteiger partial charge in [0.05, 0.1) is 27.9 Å². The predicted molar refractivity (Wildman–Crippen MR) is 101 cm³/mol. The number of hydrogen-bond donors (Lipinski definition) is 1. The molecule has 0 unspecified atom stereocenters. The van der Waals surface area contributed by atoms with Crippen molar-refractivity contribution in [2.75, 3.05) is 41.0 Å². The molecule has 1 saturated heterocycles. The van der Waals surface area contributed by atoms with Crippen LogP contribution in [-0.4, -0.2) is 51.8 Å². The standard InChI is InChI=1S/C19H31N3O3/c1-6-20-19(22-9-7-14(2)8-10-22)21-13-15-11-16(23-3)18(25-5)17(12-15)24-4/h11-12,14H,6-10,13H2,1-5H3,(H,20,21). The lowest BCUT2D eigenvalue weighted by Crippen LogP contribution is -2.45. The number of aliphatic imine (C=N–C) groups is 1. The highest BCUT2D eigenvalue weighted by atomic mass is 16.5. The van der Waals surface area contributed by atoms with Crippen LogP contribution >= 0.6 is 0 Å². The van der Waals surface area contributed by atoms with E-state index < -0.39 is 0 Å². The van der Waals surface area contributed by atoms with Crippen LogP contribution in [0.15, 0.2) is 17.1 Å². The van der Waals surface area contributed by atoms with Gasteiger partial charge in [0.25, 0.3) is 0 Å². The molecule has 6 heteroatoms. The van der Waals surface area contributed by atoms with Crippen molar-refractivity contribution in [3.63, 3.8) is 0 Å². The van der Waals surface area contributed by atoms with Crippen molar-refractivity contribution in [1.29, 1.82) is 0 Å². The summed E-state index contributed by atoms with van der Waals surface area (Å²) in [6.07, 6.45) is 2.43. The van der Waals surface area contributed by atoms with Crippen LogP contribution in [0.4, 0.5) is 0 Å². The fraction of sp³-hybridized carbons (Fsp3) is 0.632. The molecule has 0 atom stereocenters. The topological polar surface area (TPSA) is 55.3 Å². The van der Waals surface area contributed by atoms with E-state index in [4.69, 9.17) is 19.2 Å². The number of methoxy groups -OCH3 is 3.